The van der Waals surface area contributed by atoms with Crippen LogP contribution in [0.2, 0.25) is 0 Å². The van der Waals surface area contributed by atoms with Crippen molar-refractivity contribution in [1.82, 2.24) is 10.2 Å². The van der Waals surface area contributed by atoms with Crippen molar-refractivity contribution in [2.75, 3.05) is 11.9 Å². The molecule has 0 spiro atoms. The van der Waals surface area contributed by atoms with Crippen molar-refractivity contribution in [3.05, 3.63) is 45.6 Å². The third-order valence-electron chi connectivity index (χ3n) is 3.11. The van der Waals surface area contributed by atoms with Crippen molar-refractivity contribution in [1.29, 1.82) is 5.26 Å². The molecule has 0 amide bonds. The first kappa shape index (κ1) is 12.9. The highest BCUT2D eigenvalue weighted by Crippen LogP contribution is 2.33. The Bertz CT molecular complexity index is 696. The molecule has 0 saturated carbocycles. The first-order chi connectivity index (χ1) is 9.78. The van der Waals surface area contributed by atoms with Crippen molar-refractivity contribution < 1.29 is 4.74 Å². The van der Waals surface area contributed by atoms with Crippen LogP contribution in [0.15, 0.2) is 28.9 Å². The van der Waals surface area contributed by atoms with E-state index in [0.717, 1.165) is 22.2 Å². The van der Waals surface area contributed by atoms with Gasteiger partial charge in [-0.3, -0.25) is 0 Å². The molecule has 1 aromatic heterocycles. The van der Waals surface area contributed by atoms with Crippen LogP contribution in [0.4, 0.5) is 5.82 Å². The van der Waals surface area contributed by atoms with E-state index in [0.29, 0.717) is 24.5 Å². The third kappa shape index (κ3) is 2.45. The van der Waals surface area contributed by atoms with Gasteiger partial charge in [0, 0.05) is 23.0 Å². The highest BCUT2D eigenvalue weighted by atomic mass is 79.9. The van der Waals surface area contributed by atoms with E-state index in [-0.39, 0.29) is 0 Å². The van der Waals surface area contributed by atoms with E-state index in [1.54, 1.807) is 6.07 Å². The smallest absolute Gasteiger partial charge is 0.166 e. The maximum Gasteiger partial charge on any atom is 0.166 e. The number of halogens is 1. The second-order valence-electron chi connectivity index (χ2n) is 4.41. The molecule has 1 aliphatic rings. The molecular weight excluding hydrogens is 320 g/mol. The van der Waals surface area contributed by atoms with Crippen LogP contribution in [0.1, 0.15) is 16.7 Å². The Morgan fingerprint density at radius 3 is 3.20 bits per heavy atom. The third-order valence-corrected chi connectivity index (χ3v) is 3.57. The van der Waals surface area contributed by atoms with Gasteiger partial charge in [0.15, 0.2) is 5.82 Å². The lowest BCUT2D eigenvalue weighted by atomic mass is 10.1. The molecule has 6 heteroatoms. The molecule has 1 aromatic carbocycles. The minimum Gasteiger partial charge on any atom is -0.493 e. The van der Waals surface area contributed by atoms with Gasteiger partial charge in [0.25, 0.3) is 0 Å². The second kappa shape index (κ2) is 5.47. The van der Waals surface area contributed by atoms with Crippen LogP contribution in [-0.2, 0) is 13.0 Å². The predicted molar refractivity (Wildman–Crippen MR) is 77.4 cm³/mol. The van der Waals surface area contributed by atoms with Crippen molar-refractivity contribution >= 4 is 21.7 Å². The maximum atomic E-state index is 9.02. The molecule has 3 rings (SSSR count). The zero-order valence-corrected chi connectivity index (χ0v) is 12.1. The maximum absolute atomic E-state index is 9.02. The van der Waals surface area contributed by atoms with Crippen LogP contribution in [-0.4, -0.2) is 16.8 Å². The number of rotatable bonds is 3. The summed E-state index contributed by atoms with van der Waals surface area (Å²) in [5.74, 6) is 1.42. The second-order valence-corrected chi connectivity index (χ2v) is 5.33. The Morgan fingerprint density at radius 1 is 1.45 bits per heavy atom. The minimum atomic E-state index is 0.479. The van der Waals surface area contributed by atoms with Crippen molar-refractivity contribution in [3.63, 3.8) is 0 Å². The first-order valence-corrected chi connectivity index (χ1v) is 6.97. The summed E-state index contributed by atoms with van der Waals surface area (Å²) in [4.78, 5) is 0. The lowest BCUT2D eigenvalue weighted by molar-refractivity contribution is 0.354. The zero-order valence-electron chi connectivity index (χ0n) is 10.6. The molecule has 20 heavy (non-hydrogen) atoms. The average molecular weight is 331 g/mol. The SMILES string of the molecule is N#Cc1ccnnc1NCc1cc(Br)cc2c1OCC2. The van der Waals surface area contributed by atoms with E-state index >= 15 is 0 Å². The van der Waals surface area contributed by atoms with Gasteiger partial charge in [0.1, 0.15) is 11.8 Å². The number of ether oxygens (including phenoxy) is 1. The number of nitriles is 1. The molecule has 5 nitrogen and oxygen atoms in total. The van der Waals surface area contributed by atoms with Gasteiger partial charge in [0.05, 0.1) is 18.4 Å². The number of anilines is 1. The van der Waals surface area contributed by atoms with Crippen LogP contribution in [0.3, 0.4) is 0 Å². The van der Waals surface area contributed by atoms with E-state index in [2.05, 4.69) is 43.6 Å². The molecule has 2 aromatic rings. The average Bonchev–Trinajstić information content (AvgIpc) is 2.93. The molecule has 0 radical (unpaired) electrons. The molecule has 0 bridgehead atoms. The molecule has 0 aliphatic carbocycles. The Hall–Kier alpha value is -2.13. The molecule has 0 atom stereocenters. The topological polar surface area (TPSA) is 70.8 Å². The summed E-state index contributed by atoms with van der Waals surface area (Å²) < 4.78 is 6.69. The van der Waals surface area contributed by atoms with Crippen molar-refractivity contribution in [2.45, 2.75) is 13.0 Å². The van der Waals surface area contributed by atoms with Crippen molar-refractivity contribution in [3.8, 4) is 11.8 Å². The largest absolute Gasteiger partial charge is 0.493 e. The summed E-state index contributed by atoms with van der Waals surface area (Å²) in [7, 11) is 0. The molecule has 2 heterocycles. The number of nitrogens with zero attached hydrogens (tertiary/aromatic N) is 3. The lowest BCUT2D eigenvalue weighted by Gasteiger charge is -2.11. The summed E-state index contributed by atoms with van der Waals surface area (Å²) in [6, 6.07) is 7.82. The molecule has 0 saturated heterocycles. The molecule has 0 fully saturated rings. The zero-order chi connectivity index (χ0) is 13.9. The van der Waals surface area contributed by atoms with Gasteiger partial charge in [-0.1, -0.05) is 15.9 Å². The van der Waals surface area contributed by atoms with Crippen LogP contribution >= 0.6 is 15.9 Å². The minimum absolute atomic E-state index is 0.479. The van der Waals surface area contributed by atoms with Gasteiger partial charge in [-0.2, -0.15) is 10.4 Å². The standard InChI is InChI=1S/C14H11BrN4O/c15-12-5-9-2-4-20-13(9)11(6-12)8-17-14-10(7-16)1-3-18-19-14/h1,3,5-6H,2,4,8H2,(H,17,19). The highest BCUT2D eigenvalue weighted by molar-refractivity contribution is 9.10. The Kier molecular flexibility index (Phi) is 3.52. The lowest BCUT2D eigenvalue weighted by Crippen LogP contribution is -2.05. The van der Waals surface area contributed by atoms with Gasteiger partial charge >= 0.3 is 0 Å². The fraction of sp³-hybridized carbons (Fsp3) is 0.214. The summed E-state index contributed by atoms with van der Waals surface area (Å²) in [6.07, 6.45) is 2.43. The van der Waals surface area contributed by atoms with Crippen LogP contribution < -0.4 is 10.1 Å². The number of nitrogens with one attached hydrogen (secondary N) is 1. The number of aromatic nitrogens is 2. The van der Waals surface area contributed by atoms with Crippen LogP contribution in [0.25, 0.3) is 0 Å². The molecular formula is C14H11BrN4O. The normalized spacial score (nSPS) is 12.4. The van der Waals surface area contributed by atoms with Gasteiger partial charge in [0.2, 0.25) is 0 Å². The van der Waals surface area contributed by atoms with Gasteiger partial charge in [-0.15, -0.1) is 5.10 Å². The number of benzene rings is 1. The number of hydrogen-bond donors (Lipinski definition) is 1. The molecule has 1 N–H and O–H groups in total. The quantitative estimate of drug-likeness (QED) is 0.936. The Balaban J connectivity index is 1.85. The van der Waals surface area contributed by atoms with Crippen molar-refractivity contribution in [2.24, 2.45) is 0 Å². The summed E-state index contributed by atoms with van der Waals surface area (Å²) in [5, 5.41) is 19.9. The Morgan fingerprint density at radius 2 is 2.35 bits per heavy atom. The predicted octanol–water partition coefficient (Wildman–Crippen LogP) is 2.66. The monoisotopic (exact) mass is 330 g/mol. The van der Waals surface area contributed by atoms with E-state index < -0.39 is 0 Å². The fourth-order valence-electron chi connectivity index (χ4n) is 2.21. The first-order valence-electron chi connectivity index (χ1n) is 6.17. The summed E-state index contributed by atoms with van der Waals surface area (Å²) in [5.41, 5.74) is 2.73. The summed E-state index contributed by atoms with van der Waals surface area (Å²) >= 11 is 3.51. The van der Waals surface area contributed by atoms with E-state index in [1.807, 2.05) is 6.07 Å². The fourth-order valence-corrected chi connectivity index (χ4v) is 2.76. The van der Waals surface area contributed by atoms with Crippen LogP contribution in [0, 0.1) is 11.3 Å². The number of fused-ring (bicyclic) bond motifs is 1. The van der Waals surface area contributed by atoms with Crippen LogP contribution in [0.5, 0.6) is 5.75 Å². The van der Waals surface area contributed by atoms with Gasteiger partial charge in [-0.05, 0) is 23.8 Å². The summed E-state index contributed by atoms with van der Waals surface area (Å²) in [6.45, 7) is 1.25. The van der Waals surface area contributed by atoms with E-state index in [4.69, 9.17) is 10.00 Å². The molecule has 0 unspecified atom stereocenters. The van der Waals surface area contributed by atoms with E-state index in [1.165, 1.54) is 11.8 Å². The number of hydrogen-bond acceptors (Lipinski definition) is 5. The Labute approximate surface area is 124 Å². The van der Waals surface area contributed by atoms with Gasteiger partial charge < -0.3 is 10.1 Å². The van der Waals surface area contributed by atoms with Gasteiger partial charge in [-0.25, -0.2) is 0 Å². The molecule has 100 valence electrons. The van der Waals surface area contributed by atoms with E-state index in [9.17, 15) is 0 Å². The molecule has 1 aliphatic heterocycles. The highest BCUT2D eigenvalue weighted by Gasteiger charge is 2.17.